The fraction of sp³-hybridized carbons (Fsp3) is 0.778. The second-order valence-electron chi connectivity index (χ2n) is 2.73. The van der Waals surface area contributed by atoms with Gasteiger partial charge < -0.3 is 5.11 Å². The highest BCUT2D eigenvalue weighted by molar-refractivity contribution is 4.81. The molecule has 0 aliphatic heterocycles. The van der Waals surface area contributed by atoms with Gasteiger partial charge in [0.25, 0.3) is 0 Å². The summed E-state index contributed by atoms with van der Waals surface area (Å²) in [5.41, 5.74) is 0. The first-order valence-corrected chi connectivity index (χ1v) is 4.07. The van der Waals surface area contributed by atoms with Gasteiger partial charge in [0.05, 0.1) is 0 Å². The van der Waals surface area contributed by atoms with Crippen molar-refractivity contribution in [3.05, 3.63) is 12.2 Å². The van der Waals surface area contributed by atoms with Crippen LogP contribution in [0.15, 0.2) is 12.2 Å². The molecular formula is C9H18O. The third-order valence-corrected chi connectivity index (χ3v) is 1.56. The molecule has 1 heteroatoms. The Morgan fingerprint density at radius 2 is 2.10 bits per heavy atom. The van der Waals surface area contributed by atoms with Crippen molar-refractivity contribution in [1.82, 2.24) is 0 Å². The van der Waals surface area contributed by atoms with Crippen LogP contribution in [0.1, 0.15) is 33.1 Å². The third-order valence-electron chi connectivity index (χ3n) is 1.56. The SMILES string of the molecule is CCC=CCC(C)CCO. The van der Waals surface area contributed by atoms with E-state index in [2.05, 4.69) is 26.0 Å². The molecule has 0 aromatic carbocycles. The minimum Gasteiger partial charge on any atom is -0.396 e. The monoisotopic (exact) mass is 142 g/mol. The molecule has 60 valence electrons. The van der Waals surface area contributed by atoms with Gasteiger partial charge in [-0.15, -0.1) is 0 Å². The van der Waals surface area contributed by atoms with Crippen molar-refractivity contribution in [3.8, 4) is 0 Å². The normalized spacial score (nSPS) is 14.3. The molecule has 10 heavy (non-hydrogen) atoms. The highest BCUT2D eigenvalue weighted by atomic mass is 16.2. The van der Waals surface area contributed by atoms with E-state index in [1.807, 2.05) is 0 Å². The van der Waals surface area contributed by atoms with E-state index in [0.29, 0.717) is 12.5 Å². The fourth-order valence-electron chi connectivity index (χ4n) is 0.833. The van der Waals surface area contributed by atoms with Crippen LogP contribution in [0.5, 0.6) is 0 Å². The maximum Gasteiger partial charge on any atom is 0.0433 e. The average molecular weight is 142 g/mol. The molecule has 1 atom stereocenters. The van der Waals surface area contributed by atoms with E-state index >= 15 is 0 Å². The van der Waals surface area contributed by atoms with Crippen LogP contribution >= 0.6 is 0 Å². The second kappa shape index (κ2) is 6.81. The predicted molar refractivity (Wildman–Crippen MR) is 44.9 cm³/mol. The van der Waals surface area contributed by atoms with Gasteiger partial charge >= 0.3 is 0 Å². The van der Waals surface area contributed by atoms with E-state index in [1.165, 1.54) is 0 Å². The maximum atomic E-state index is 8.57. The number of aliphatic hydroxyl groups excluding tert-OH is 1. The van der Waals surface area contributed by atoms with Crippen LogP contribution in [0.4, 0.5) is 0 Å². The molecule has 1 unspecified atom stereocenters. The van der Waals surface area contributed by atoms with Gasteiger partial charge in [0.2, 0.25) is 0 Å². The van der Waals surface area contributed by atoms with Gasteiger partial charge in [-0.25, -0.2) is 0 Å². The summed E-state index contributed by atoms with van der Waals surface area (Å²) in [6.45, 7) is 4.62. The lowest BCUT2D eigenvalue weighted by molar-refractivity contribution is 0.263. The molecule has 0 saturated heterocycles. The van der Waals surface area contributed by atoms with Gasteiger partial charge in [-0.3, -0.25) is 0 Å². The number of hydrogen-bond donors (Lipinski definition) is 1. The van der Waals surface area contributed by atoms with E-state index in [0.717, 1.165) is 19.3 Å². The second-order valence-corrected chi connectivity index (χ2v) is 2.73. The molecule has 1 nitrogen and oxygen atoms in total. The molecule has 0 amide bonds. The van der Waals surface area contributed by atoms with Crippen LogP contribution in [-0.4, -0.2) is 11.7 Å². The summed E-state index contributed by atoms with van der Waals surface area (Å²) in [5, 5.41) is 8.57. The van der Waals surface area contributed by atoms with E-state index in [4.69, 9.17) is 5.11 Å². The first-order chi connectivity index (χ1) is 4.81. The molecule has 0 heterocycles. The Labute approximate surface area is 63.8 Å². The van der Waals surface area contributed by atoms with Gasteiger partial charge in [-0.2, -0.15) is 0 Å². The predicted octanol–water partition coefficient (Wildman–Crippen LogP) is 2.36. The number of hydrogen-bond acceptors (Lipinski definition) is 1. The molecule has 0 bridgehead atoms. The van der Waals surface area contributed by atoms with Crippen molar-refractivity contribution < 1.29 is 5.11 Å². The molecule has 0 spiro atoms. The van der Waals surface area contributed by atoms with Crippen LogP contribution in [0.25, 0.3) is 0 Å². The van der Waals surface area contributed by atoms with Crippen LogP contribution in [0, 0.1) is 5.92 Å². The molecule has 0 aliphatic carbocycles. The summed E-state index contributed by atoms with van der Waals surface area (Å²) in [4.78, 5) is 0. The maximum absolute atomic E-state index is 8.57. The molecular weight excluding hydrogens is 124 g/mol. The van der Waals surface area contributed by atoms with E-state index < -0.39 is 0 Å². The zero-order valence-corrected chi connectivity index (χ0v) is 7.01. The third kappa shape index (κ3) is 5.83. The Bertz CT molecular complexity index is 86.7. The summed E-state index contributed by atoms with van der Waals surface area (Å²) >= 11 is 0. The van der Waals surface area contributed by atoms with E-state index in [-0.39, 0.29) is 0 Å². The molecule has 0 aromatic rings. The zero-order chi connectivity index (χ0) is 7.82. The van der Waals surface area contributed by atoms with Crippen molar-refractivity contribution in [3.63, 3.8) is 0 Å². The Hall–Kier alpha value is -0.300. The lowest BCUT2D eigenvalue weighted by Crippen LogP contribution is -1.95. The fourth-order valence-corrected chi connectivity index (χ4v) is 0.833. The van der Waals surface area contributed by atoms with Crippen LogP contribution in [-0.2, 0) is 0 Å². The first kappa shape index (κ1) is 9.70. The van der Waals surface area contributed by atoms with Crippen LogP contribution in [0.3, 0.4) is 0 Å². The van der Waals surface area contributed by atoms with Crippen molar-refractivity contribution in [2.24, 2.45) is 5.92 Å². The highest BCUT2D eigenvalue weighted by Gasteiger charge is 1.95. The summed E-state index contributed by atoms with van der Waals surface area (Å²) in [5.74, 6) is 0.632. The lowest BCUT2D eigenvalue weighted by Gasteiger charge is -2.03. The quantitative estimate of drug-likeness (QED) is 0.584. The Morgan fingerprint density at radius 1 is 1.40 bits per heavy atom. The van der Waals surface area contributed by atoms with Crippen LogP contribution in [0.2, 0.25) is 0 Å². The van der Waals surface area contributed by atoms with Crippen molar-refractivity contribution in [2.45, 2.75) is 33.1 Å². The Kier molecular flexibility index (Phi) is 6.61. The largest absolute Gasteiger partial charge is 0.396 e. The van der Waals surface area contributed by atoms with Gasteiger partial charge in [0.1, 0.15) is 0 Å². The number of aliphatic hydroxyl groups is 1. The molecule has 0 radical (unpaired) electrons. The summed E-state index contributed by atoms with van der Waals surface area (Å²) in [7, 11) is 0. The van der Waals surface area contributed by atoms with E-state index in [9.17, 15) is 0 Å². The summed E-state index contributed by atoms with van der Waals surface area (Å²) < 4.78 is 0. The van der Waals surface area contributed by atoms with Crippen molar-refractivity contribution >= 4 is 0 Å². The number of allylic oxidation sites excluding steroid dienone is 2. The summed E-state index contributed by atoms with van der Waals surface area (Å²) in [6, 6.07) is 0. The lowest BCUT2D eigenvalue weighted by atomic mass is 10.0. The minimum atomic E-state index is 0.321. The first-order valence-electron chi connectivity index (χ1n) is 4.07. The van der Waals surface area contributed by atoms with Crippen molar-refractivity contribution in [1.29, 1.82) is 0 Å². The molecule has 0 saturated carbocycles. The van der Waals surface area contributed by atoms with Gasteiger partial charge in [0.15, 0.2) is 0 Å². The average Bonchev–Trinajstić information content (AvgIpc) is 1.89. The van der Waals surface area contributed by atoms with Gasteiger partial charge in [-0.1, -0.05) is 26.0 Å². The highest BCUT2D eigenvalue weighted by Crippen LogP contribution is 2.06. The smallest absolute Gasteiger partial charge is 0.0433 e. The standard InChI is InChI=1S/C9H18O/c1-3-4-5-6-9(2)7-8-10/h4-5,9-10H,3,6-8H2,1-2H3. The Balaban J connectivity index is 3.20. The topological polar surface area (TPSA) is 20.2 Å². The molecule has 0 fully saturated rings. The minimum absolute atomic E-state index is 0.321. The zero-order valence-electron chi connectivity index (χ0n) is 7.01. The molecule has 0 aromatic heterocycles. The van der Waals surface area contributed by atoms with Crippen LogP contribution < -0.4 is 0 Å². The van der Waals surface area contributed by atoms with E-state index in [1.54, 1.807) is 0 Å². The molecule has 1 N–H and O–H groups in total. The van der Waals surface area contributed by atoms with Crippen molar-refractivity contribution in [2.75, 3.05) is 6.61 Å². The summed E-state index contributed by atoms with van der Waals surface area (Å²) in [6.07, 6.45) is 7.52. The Morgan fingerprint density at radius 3 is 2.60 bits per heavy atom. The molecule has 0 rings (SSSR count). The molecule has 0 aliphatic rings. The number of rotatable bonds is 5. The van der Waals surface area contributed by atoms with Gasteiger partial charge in [0, 0.05) is 6.61 Å². The van der Waals surface area contributed by atoms with Gasteiger partial charge in [-0.05, 0) is 25.2 Å².